The Kier molecular flexibility index (Phi) is 3.02. The maximum atomic E-state index is 11.6. The lowest BCUT2D eigenvalue weighted by Crippen LogP contribution is -2.23. The van der Waals surface area contributed by atoms with Crippen molar-refractivity contribution >= 4 is 5.97 Å². The summed E-state index contributed by atoms with van der Waals surface area (Å²) in [7, 11) is 1.55. The number of carboxylic acid groups (broad SMARTS) is 1. The van der Waals surface area contributed by atoms with Crippen LogP contribution in [0.1, 0.15) is 15.9 Å². The maximum Gasteiger partial charge on any atom is 0.341 e. The molecule has 1 N–H and O–H groups in total. The van der Waals surface area contributed by atoms with E-state index in [2.05, 4.69) is 0 Å². The molecule has 18 heavy (non-hydrogen) atoms. The number of rotatable bonds is 2. The Morgan fingerprint density at radius 3 is 2.56 bits per heavy atom. The van der Waals surface area contributed by atoms with Crippen LogP contribution in [-0.4, -0.2) is 15.6 Å². The number of aromatic carboxylic acids is 1. The van der Waals surface area contributed by atoms with E-state index in [0.29, 0.717) is 0 Å². The smallest absolute Gasteiger partial charge is 0.341 e. The summed E-state index contributed by atoms with van der Waals surface area (Å²) in [6.07, 6.45) is 1.64. The SMILES string of the molecule is Cc1cccc(-c2cc(C(=O)O)c(=O)n(C)c2)c1. The number of pyridine rings is 1. The molecule has 0 aliphatic carbocycles. The van der Waals surface area contributed by atoms with Crippen LogP contribution < -0.4 is 5.56 Å². The molecule has 0 bridgehead atoms. The van der Waals surface area contributed by atoms with Gasteiger partial charge in [0.1, 0.15) is 5.56 Å². The first-order valence-electron chi connectivity index (χ1n) is 5.50. The molecule has 0 amide bonds. The minimum Gasteiger partial charge on any atom is -0.477 e. The Morgan fingerprint density at radius 1 is 1.22 bits per heavy atom. The third-order valence-electron chi connectivity index (χ3n) is 2.77. The van der Waals surface area contributed by atoms with E-state index in [1.807, 2.05) is 31.2 Å². The largest absolute Gasteiger partial charge is 0.477 e. The molecule has 1 aromatic heterocycles. The number of carbonyl (C=O) groups is 1. The monoisotopic (exact) mass is 243 g/mol. The maximum absolute atomic E-state index is 11.6. The molecule has 2 rings (SSSR count). The second kappa shape index (κ2) is 4.49. The van der Waals surface area contributed by atoms with E-state index >= 15 is 0 Å². The fourth-order valence-electron chi connectivity index (χ4n) is 1.85. The number of benzene rings is 1. The van der Waals surface area contributed by atoms with Crippen LogP contribution >= 0.6 is 0 Å². The zero-order valence-electron chi connectivity index (χ0n) is 10.2. The molecule has 0 saturated carbocycles. The molecule has 1 heterocycles. The predicted molar refractivity (Wildman–Crippen MR) is 68.8 cm³/mol. The van der Waals surface area contributed by atoms with Crippen LogP contribution in [0.5, 0.6) is 0 Å². The summed E-state index contributed by atoms with van der Waals surface area (Å²) < 4.78 is 1.29. The van der Waals surface area contributed by atoms with Gasteiger partial charge in [-0.05, 0) is 24.1 Å². The van der Waals surface area contributed by atoms with Crippen molar-refractivity contribution in [3.05, 3.63) is 58.0 Å². The minimum atomic E-state index is -1.20. The van der Waals surface area contributed by atoms with Gasteiger partial charge < -0.3 is 9.67 Å². The Labute approximate surface area is 104 Å². The van der Waals surface area contributed by atoms with Crippen molar-refractivity contribution < 1.29 is 9.90 Å². The number of carboxylic acids is 1. The predicted octanol–water partition coefficient (Wildman–Crippen LogP) is 2.06. The lowest BCUT2D eigenvalue weighted by molar-refractivity contribution is 0.0694. The Morgan fingerprint density at radius 2 is 1.94 bits per heavy atom. The third kappa shape index (κ3) is 2.18. The molecule has 92 valence electrons. The van der Waals surface area contributed by atoms with Gasteiger partial charge in [-0.15, -0.1) is 0 Å². The molecule has 2 aromatic rings. The van der Waals surface area contributed by atoms with Gasteiger partial charge in [0.25, 0.3) is 5.56 Å². The van der Waals surface area contributed by atoms with Gasteiger partial charge in [0, 0.05) is 13.2 Å². The lowest BCUT2D eigenvalue weighted by atomic mass is 10.0. The molecular weight excluding hydrogens is 230 g/mol. The van der Waals surface area contributed by atoms with Gasteiger partial charge in [0.15, 0.2) is 0 Å². The molecule has 0 atom stereocenters. The van der Waals surface area contributed by atoms with Gasteiger partial charge in [0.05, 0.1) is 0 Å². The fraction of sp³-hybridized carbons (Fsp3) is 0.143. The van der Waals surface area contributed by atoms with Crippen LogP contribution in [0, 0.1) is 6.92 Å². The lowest BCUT2D eigenvalue weighted by Gasteiger charge is -2.07. The van der Waals surface area contributed by atoms with E-state index < -0.39 is 11.5 Å². The molecule has 0 radical (unpaired) electrons. The molecule has 0 fully saturated rings. The third-order valence-corrected chi connectivity index (χ3v) is 2.77. The van der Waals surface area contributed by atoms with Crippen molar-refractivity contribution in [3.8, 4) is 11.1 Å². The van der Waals surface area contributed by atoms with Crippen LogP contribution in [0.25, 0.3) is 11.1 Å². The van der Waals surface area contributed by atoms with Crippen molar-refractivity contribution in [2.75, 3.05) is 0 Å². The molecule has 4 nitrogen and oxygen atoms in total. The topological polar surface area (TPSA) is 59.3 Å². The second-order valence-corrected chi connectivity index (χ2v) is 4.23. The van der Waals surface area contributed by atoms with E-state index in [9.17, 15) is 9.59 Å². The first kappa shape index (κ1) is 12.1. The highest BCUT2D eigenvalue weighted by molar-refractivity contribution is 5.88. The summed E-state index contributed by atoms with van der Waals surface area (Å²) in [4.78, 5) is 22.7. The molecule has 4 heteroatoms. The van der Waals surface area contributed by atoms with Crippen LogP contribution in [0.4, 0.5) is 0 Å². The van der Waals surface area contributed by atoms with E-state index in [1.54, 1.807) is 13.2 Å². The van der Waals surface area contributed by atoms with Crippen molar-refractivity contribution in [2.24, 2.45) is 7.05 Å². The summed E-state index contributed by atoms with van der Waals surface area (Å²) in [6.45, 7) is 1.96. The Bertz CT molecular complexity index is 671. The molecule has 0 spiro atoms. The highest BCUT2D eigenvalue weighted by atomic mass is 16.4. The summed E-state index contributed by atoms with van der Waals surface area (Å²) in [5.74, 6) is -1.20. The average Bonchev–Trinajstić information content (AvgIpc) is 2.32. The Hall–Kier alpha value is -2.36. The van der Waals surface area contributed by atoms with E-state index in [0.717, 1.165) is 16.7 Å². The normalized spacial score (nSPS) is 10.3. The molecule has 0 aliphatic heterocycles. The number of nitrogens with zero attached hydrogens (tertiary/aromatic N) is 1. The zero-order chi connectivity index (χ0) is 13.3. The van der Waals surface area contributed by atoms with Gasteiger partial charge in [-0.1, -0.05) is 29.8 Å². The van der Waals surface area contributed by atoms with Gasteiger partial charge >= 0.3 is 5.97 Å². The van der Waals surface area contributed by atoms with E-state index in [-0.39, 0.29) is 5.56 Å². The highest BCUT2D eigenvalue weighted by Crippen LogP contribution is 2.19. The molecule has 0 saturated heterocycles. The summed E-state index contributed by atoms with van der Waals surface area (Å²) in [5.41, 5.74) is 1.99. The van der Waals surface area contributed by atoms with Crippen molar-refractivity contribution in [1.29, 1.82) is 0 Å². The average molecular weight is 243 g/mol. The van der Waals surface area contributed by atoms with Crippen LogP contribution in [0.15, 0.2) is 41.3 Å². The summed E-state index contributed by atoms with van der Waals surface area (Å²) in [5, 5.41) is 9.00. The van der Waals surface area contributed by atoms with Gasteiger partial charge in [0.2, 0.25) is 0 Å². The quantitative estimate of drug-likeness (QED) is 0.878. The standard InChI is InChI=1S/C14H13NO3/c1-9-4-3-5-10(6-9)11-7-12(14(17)18)13(16)15(2)8-11/h3-8H,1-2H3,(H,17,18). The van der Waals surface area contributed by atoms with E-state index in [4.69, 9.17) is 5.11 Å². The van der Waals surface area contributed by atoms with Crippen molar-refractivity contribution in [2.45, 2.75) is 6.92 Å². The van der Waals surface area contributed by atoms with Crippen molar-refractivity contribution in [3.63, 3.8) is 0 Å². The molecule has 1 aromatic carbocycles. The van der Waals surface area contributed by atoms with Crippen molar-refractivity contribution in [1.82, 2.24) is 4.57 Å². The molecule has 0 aliphatic rings. The summed E-state index contributed by atoms with van der Waals surface area (Å²) >= 11 is 0. The van der Waals surface area contributed by atoms with Gasteiger partial charge in [-0.25, -0.2) is 4.79 Å². The number of hydrogen-bond acceptors (Lipinski definition) is 2. The second-order valence-electron chi connectivity index (χ2n) is 4.23. The van der Waals surface area contributed by atoms with E-state index in [1.165, 1.54) is 10.6 Å². The zero-order valence-corrected chi connectivity index (χ0v) is 10.2. The molecule has 0 unspecified atom stereocenters. The van der Waals surface area contributed by atoms with Gasteiger partial charge in [-0.3, -0.25) is 4.79 Å². The number of hydrogen-bond donors (Lipinski definition) is 1. The first-order chi connectivity index (χ1) is 8.49. The first-order valence-corrected chi connectivity index (χ1v) is 5.50. The van der Waals surface area contributed by atoms with Crippen LogP contribution in [-0.2, 0) is 7.05 Å². The Balaban J connectivity index is 2.66. The summed E-state index contributed by atoms with van der Waals surface area (Å²) in [6, 6.07) is 9.11. The number of aryl methyl sites for hydroxylation is 2. The van der Waals surface area contributed by atoms with Gasteiger partial charge in [-0.2, -0.15) is 0 Å². The number of aromatic nitrogens is 1. The fourth-order valence-corrected chi connectivity index (χ4v) is 1.85. The molecular formula is C14H13NO3. The minimum absolute atomic E-state index is 0.212. The highest BCUT2D eigenvalue weighted by Gasteiger charge is 2.12. The van der Waals surface area contributed by atoms with Crippen LogP contribution in [0.2, 0.25) is 0 Å². The van der Waals surface area contributed by atoms with Crippen LogP contribution in [0.3, 0.4) is 0 Å².